The van der Waals surface area contributed by atoms with E-state index in [1.54, 1.807) is 4.90 Å². The van der Waals surface area contributed by atoms with Crippen LogP contribution in [0.15, 0.2) is 28.7 Å². The fraction of sp³-hybridized carbons (Fsp3) is 0.529. The highest BCUT2D eigenvalue weighted by molar-refractivity contribution is 9.10. The molecule has 6 nitrogen and oxygen atoms in total. The van der Waals surface area contributed by atoms with Gasteiger partial charge in [0.1, 0.15) is 5.92 Å². The number of para-hydroxylation sites is 1. The molecule has 2 saturated heterocycles. The van der Waals surface area contributed by atoms with Crippen LogP contribution in [0.3, 0.4) is 0 Å². The highest BCUT2D eigenvalue weighted by Gasteiger charge is 2.37. The molecule has 130 valence electrons. The summed E-state index contributed by atoms with van der Waals surface area (Å²) in [7, 11) is 0. The van der Waals surface area contributed by atoms with Gasteiger partial charge < -0.3 is 15.0 Å². The van der Waals surface area contributed by atoms with Crippen LogP contribution in [0.5, 0.6) is 0 Å². The predicted octanol–water partition coefficient (Wildman–Crippen LogP) is 1.25. The van der Waals surface area contributed by atoms with Crippen LogP contribution in [-0.4, -0.2) is 62.7 Å². The van der Waals surface area contributed by atoms with Crippen LogP contribution in [0.2, 0.25) is 0 Å². The number of halogens is 1. The first kappa shape index (κ1) is 17.4. The maximum Gasteiger partial charge on any atom is 0.239 e. The molecule has 1 N–H and O–H groups in total. The van der Waals surface area contributed by atoms with Crippen molar-refractivity contribution >= 4 is 33.4 Å². The average Bonchev–Trinajstić information content (AvgIpc) is 2.98. The van der Waals surface area contributed by atoms with E-state index in [4.69, 9.17) is 4.74 Å². The van der Waals surface area contributed by atoms with Gasteiger partial charge >= 0.3 is 0 Å². The van der Waals surface area contributed by atoms with Crippen molar-refractivity contribution < 1.29 is 14.3 Å². The third-order valence-electron chi connectivity index (χ3n) is 4.50. The van der Waals surface area contributed by atoms with E-state index in [9.17, 15) is 9.59 Å². The maximum absolute atomic E-state index is 12.6. The molecule has 0 spiro atoms. The van der Waals surface area contributed by atoms with E-state index in [0.717, 1.165) is 43.0 Å². The summed E-state index contributed by atoms with van der Waals surface area (Å²) in [6, 6.07) is 7.59. The number of nitrogens with one attached hydrogen (secondary N) is 1. The monoisotopic (exact) mass is 395 g/mol. The minimum absolute atomic E-state index is 0.120. The fourth-order valence-corrected chi connectivity index (χ4v) is 3.62. The van der Waals surface area contributed by atoms with Crippen LogP contribution in [0, 0.1) is 5.92 Å². The Morgan fingerprint density at radius 3 is 2.75 bits per heavy atom. The molecule has 2 aliphatic rings. The van der Waals surface area contributed by atoms with Gasteiger partial charge in [0.25, 0.3) is 0 Å². The number of carbonyl (C=O) groups excluding carboxylic acids is 2. The van der Waals surface area contributed by atoms with Crippen molar-refractivity contribution in [1.82, 2.24) is 10.2 Å². The number of anilines is 1. The van der Waals surface area contributed by atoms with Crippen molar-refractivity contribution in [2.24, 2.45) is 5.92 Å². The van der Waals surface area contributed by atoms with Crippen molar-refractivity contribution in [2.75, 3.05) is 50.8 Å². The molecule has 1 aromatic rings. The van der Waals surface area contributed by atoms with Gasteiger partial charge in [-0.25, -0.2) is 0 Å². The van der Waals surface area contributed by atoms with E-state index < -0.39 is 5.92 Å². The second-order valence-corrected chi connectivity index (χ2v) is 6.88. The Morgan fingerprint density at radius 2 is 2.00 bits per heavy atom. The van der Waals surface area contributed by atoms with Gasteiger partial charge in [0, 0.05) is 37.2 Å². The second kappa shape index (κ2) is 8.09. The van der Waals surface area contributed by atoms with Gasteiger partial charge in [-0.3, -0.25) is 14.5 Å². The summed E-state index contributed by atoms with van der Waals surface area (Å²) in [4.78, 5) is 28.9. The Kier molecular flexibility index (Phi) is 5.86. The molecule has 2 amide bonds. The standard InChI is InChI=1S/C17H22BrN3O3/c18-14-3-1-2-4-15(14)21-7-5-13(17(21)23)16(22)19-6-8-20-9-11-24-12-10-20/h1-4,13H,5-12H2,(H,19,22)/t13-/m0/s1. The normalized spacial score (nSPS) is 22.0. The first-order chi connectivity index (χ1) is 11.7. The molecule has 0 aromatic heterocycles. The summed E-state index contributed by atoms with van der Waals surface area (Å²) >= 11 is 3.47. The number of rotatable bonds is 5. The molecule has 2 aliphatic heterocycles. The molecule has 1 aromatic carbocycles. The molecule has 2 heterocycles. The van der Waals surface area contributed by atoms with Crippen molar-refractivity contribution in [3.8, 4) is 0 Å². The van der Waals surface area contributed by atoms with Crippen molar-refractivity contribution in [1.29, 1.82) is 0 Å². The zero-order valence-corrected chi connectivity index (χ0v) is 15.1. The lowest BCUT2D eigenvalue weighted by molar-refractivity contribution is -0.132. The number of carbonyl (C=O) groups is 2. The van der Waals surface area contributed by atoms with Gasteiger partial charge in [-0.1, -0.05) is 12.1 Å². The van der Waals surface area contributed by atoms with Gasteiger partial charge in [0.05, 0.1) is 18.9 Å². The van der Waals surface area contributed by atoms with Crippen molar-refractivity contribution in [3.05, 3.63) is 28.7 Å². The molecule has 2 fully saturated rings. The number of nitrogens with zero attached hydrogens (tertiary/aromatic N) is 2. The van der Waals surface area contributed by atoms with Crippen molar-refractivity contribution in [3.63, 3.8) is 0 Å². The molecule has 0 aliphatic carbocycles. The minimum Gasteiger partial charge on any atom is -0.379 e. The van der Waals surface area contributed by atoms with Crippen LogP contribution in [-0.2, 0) is 14.3 Å². The Balaban J connectivity index is 1.51. The maximum atomic E-state index is 12.6. The van der Waals surface area contributed by atoms with E-state index in [2.05, 4.69) is 26.1 Å². The molecule has 24 heavy (non-hydrogen) atoms. The Labute approximate surface area is 150 Å². The lowest BCUT2D eigenvalue weighted by atomic mass is 10.1. The number of morpholine rings is 1. The Hall–Kier alpha value is -1.44. The van der Waals surface area contributed by atoms with Crippen LogP contribution >= 0.6 is 15.9 Å². The molecule has 0 bridgehead atoms. The quantitative estimate of drug-likeness (QED) is 0.762. The van der Waals surface area contributed by atoms with E-state index in [1.165, 1.54) is 0 Å². The van der Waals surface area contributed by atoms with Crippen LogP contribution in [0.4, 0.5) is 5.69 Å². The molecule has 3 rings (SSSR count). The molecular formula is C17H22BrN3O3. The van der Waals surface area contributed by atoms with Crippen molar-refractivity contribution in [2.45, 2.75) is 6.42 Å². The Morgan fingerprint density at radius 1 is 1.25 bits per heavy atom. The third kappa shape index (κ3) is 3.96. The number of amides is 2. The fourth-order valence-electron chi connectivity index (χ4n) is 3.12. The molecule has 0 radical (unpaired) electrons. The van der Waals surface area contributed by atoms with E-state index in [1.807, 2.05) is 24.3 Å². The second-order valence-electron chi connectivity index (χ2n) is 6.03. The number of ether oxygens (including phenoxy) is 1. The largest absolute Gasteiger partial charge is 0.379 e. The first-order valence-electron chi connectivity index (χ1n) is 8.30. The smallest absolute Gasteiger partial charge is 0.239 e. The molecule has 0 saturated carbocycles. The minimum atomic E-state index is -0.582. The van der Waals surface area contributed by atoms with Crippen LogP contribution in [0.1, 0.15) is 6.42 Å². The number of hydrogen-bond acceptors (Lipinski definition) is 4. The highest BCUT2D eigenvalue weighted by atomic mass is 79.9. The summed E-state index contributed by atoms with van der Waals surface area (Å²) in [5.74, 6) is -0.865. The lowest BCUT2D eigenvalue weighted by Crippen LogP contribution is -2.43. The predicted molar refractivity (Wildman–Crippen MR) is 94.9 cm³/mol. The van der Waals surface area contributed by atoms with Gasteiger partial charge in [-0.2, -0.15) is 0 Å². The van der Waals surface area contributed by atoms with Crippen LogP contribution in [0.25, 0.3) is 0 Å². The highest BCUT2D eigenvalue weighted by Crippen LogP contribution is 2.31. The zero-order valence-electron chi connectivity index (χ0n) is 13.5. The SMILES string of the molecule is O=C(NCCN1CCOCC1)[C@@H]1CCN(c2ccccc2Br)C1=O. The zero-order chi connectivity index (χ0) is 16.9. The summed E-state index contributed by atoms with van der Waals surface area (Å²) in [6.07, 6.45) is 0.559. The lowest BCUT2D eigenvalue weighted by Gasteiger charge is -2.26. The topological polar surface area (TPSA) is 61.9 Å². The van der Waals surface area contributed by atoms with Gasteiger partial charge in [0.15, 0.2) is 0 Å². The van der Waals surface area contributed by atoms with Gasteiger partial charge in [0.2, 0.25) is 11.8 Å². The van der Waals surface area contributed by atoms with Gasteiger partial charge in [-0.15, -0.1) is 0 Å². The number of benzene rings is 1. The summed E-state index contributed by atoms with van der Waals surface area (Å²) < 4.78 is 6.17. The summed E-state index contributed by atoms with van der Waals surface area (Å²) in [5, 5.41) is 2.91. The first-order valence-corrected chi connectivity index (χ1v) is 9.10. The molecule has 0 unspecified atom stereocenters. The molecule has 7 heteroatoms. The Bertz CT molecular complexity index is 604. The average molecular weight is 396 g/mol. The van der Waals surface area contributed by atoms with Gasteiger partial charge in [-0.05, 0) is 34.5 Å². The van der Waals surface area contributed by atoms with Crippen LogP contribution < -0.4 is 10.2 Å². The summed E-state index contributed by atoms with van der Waals surface area (Å²) in [5.41, 5.74) is 0.825. The molecule has 1 atom stereocenters. The summed E-state index contributed by atoms with van der Waals surface area (Å²) in [6.45, 7) is 5.22. The van der Waals surface area contributed by atoms with E-state index in [0.29, 0.717) is 19.5 Å². The number of hydrogen-bond donors (Lipinski definition) is 1. The third-order valence-corrected chi connectivity index (χ3v) is 5.17. The molecular weight excluding hydrogens is 374 g/mol. The van der Waals surface area contributed by atoms with E-state index in [-0.39, 0.29) is 11.8 Å². The van der Waals surface area contributed by atoms with E-state index >= 15 is 0 Å².